The van der Waals surface area contributed by atoms with Gasteiger partial charge in [0.15, 0.2) is 0 Å². The van der Waals surface area contributed by atoms with Crippen molar-refractivity contribution < 1.29 is 4.79 Å². The van der Waals surface area contributed by atoms with Gasteiger partial charge in [0.2, 0.25) is 0 Å². The molecule has 0 spiro atoms. The molecule has 1 aromatic carbocycles. The van der Waals surface area contributed by atoms with E-state index in [9.17, 15) is 4.79 Å². The van der Waals surface area contributed by atoms with Gasteiger partial charge in [-0.1, -0.05) is 37.3 Å². The van der Waals surface area contributed by atoms with Gasteiger partial charge in [0.25, 0.3) is 5.91 Å². The number of nitrogens with zero attached hydrogens (tertiary/aromatic N) is 2. The molecule has 120 valence electrons. The first kappa shape index (κ1) is 18.2. The Morgan fingerprint density at radius 1 is 1.27 bits per heavy atom. The second kappa shape index (κ2) is 9.23. The Labute approximate surface area is 137 Å². The summed E-state index contributed by atoms with van der Waals surface area (Å²) in [7, 11) is 0. The maximum atomic E-state index is 12.5. The number of nitrogens with one attached hydrogen (secondary N) is 1. The average molecular weight is 323 g/mol. The quantitative estimate of drug-likeness (QED) is 0.819. The van der Waals surface area contributed by atoms with Crippen LogP contribution in [-0.2, 0) is 12.8 Å². The summed E-state index contributed by atoms with van der Waals surface area (Å²) in [5.41, 5.74) is 8.27. The molecule has 0 saturated heterocycles. The highest BCUT2D eigenvalue weighted by atomic mass is 35.5. The summed E-state index contributed by atoms with van der Waals surface area (Å²) in [6, 6.07) is 11.9. The molecule has 0 fully saturated rings. The van der Waals surface area contributed by atoms with E-state index in [2.05, 4.69) is 22.3 Å². The lowest BCUT2D eigenvalue weighted by molar-refractivity contribution is 0.0756. The summed E-state index contributed by atoms with van der Waals surface area (Å²) in [4.78, 5) is 14.2. The summed E-state index contributed by atoms with van der Waals surface area (Å²) >= 11 is 0. The molecule has 0 unspecified atom stereocenters. The van der Waals surface area contributed by atoms with E-state index in [1.54, 1.807) is 4.90 Å². The SMILES string of the molecule is CCc1cc(C(=O)N(CCN)CCc2ccccc2)n[nH]1.Cl. The number of aromatic amines is 1. The Morgan fingerprint density at radius 2 is 2.00 bits per heavy atom. The number of aryl methyl sites for hydroxylation is 1. The summed E-state index contributed by atoms with van der Waals surface area (Å²) in [5.74, 6) is -0.0627. The van der Waals surface area contributed by atoms with Crippen molar-refractivity contribution >= 4 is 18.3 Å². The number of nitrogens with two attached hydrogens (primary N) is 1. The summed E-state index contributed by atoms with van der Waals surface area (Å²) in [5, 5.41) is 6.97. The van der Waals surface area contributed by atoms with Crippen LogP contribution in [0.3, 0.4) is 0 Å². The van der Waals surface area contributed by atoms with Crippen LogP contribution in [-0.4, -0.2) is 40.6 Å². The second-order valence-electron chi connectivity index (χ2n) is 4.95. The number of H-pyrrole nitrogens is 1. The zero-order valence-electron chi connectivity index (χ0n) is 12.8. The van der Waals surface area contributed by atoms with Gasteiger partial charge in [0.1, 0.15) is 5.69 Å². The maximum Gasteiger partial charge on any atom is 0.274 e. The first-order valence-electron chi connectivity index (χ1n) is 7.32. The lowest BCUT2D eigenvalue weighted by Gasteiger charge is -2.21. The number of rotatable bonds is 7. The molecule has 0 radical (unpaired) electrons. The standard InChI is InChI=1S/C16H22N4O.ClH/c1-2-14-12-15(19-18-14)16(21)20(11-9-17)10-8-13-6-4-3-5-7-13;/h3-7,12H,2,8-11,17H2,1H3,(H,18,19);1H. The van der Waals surface area contributed by atoms with Crippen LogP contribution in [0, 0.1) is 0 Å². The van der Waals surface area contributed by atoms with Crippen molar-refractivity contribution in [3.05, 3.63) is 53.3 Å². The molecule has 0 aliphatic rings. The molecule has 2 aromatic rings. The molecule has 0 atom stereocenters. The van der Waals surface area contributed by atoms with Gasteiger partial charge >= 0.3 is 0 Å². The largest absolute Gasteiger partial charge is 0.336 e. The Kier molecular flexibility index (Phi) is 7.63. The van der Waals surface area contributed by atoms with Crippen LogP contribution in [0.4, 0.5) is 0 Å². The summed E-state index contributed by atoms with van der Waals surface area (Å²) < 4.78 is 0. The number of aromatic nitrogens is 2. The van der Waals surface area contributed by atoms with E-state index < -0.39 is 0 Å². The summed E-state index contributed by atoms with van der Waals surface area (Å²) in [6.07, 6.45) is 1.65. The molecular weight excluding hydrogens is 300 g/mol. The number of amides is 1. The van der Waals surface area contributed by atoms with Crippen LogP contribution in [0.1, 0.15) is 28.7 Å². The predicted molar refractivity (Wildman–Crippen MR) is 90.3 cm³/mol. The molecule has 2 rings (SSSR count). The van der Waals surface area contributed by atoms with Crippen molar-refractivity contribution in [3.63, 3.8) is 0 Å². The van der Waals surface area contributed by atoms with E-state index in [-0.39, 0.29) is 18.3 Å². The fourth-order valence-electron chi connectivity index (χ4n) is 2.19. The molecular formula is C16H23ClN4O. The first-order valence-corrected chi connectivity index (χ1v) is 7.32. The van der Waals surface area contributed by atoms with Crippen LogP contribution in [0.2, 0.25) is 0 Å². The molecule has 3 N–H and O–H groups in total. The highest BCUT2D eigenvalue weighted by Gasteiger charge is 2.17. The monoisotopic (exact) mass is 322 g/mol. The van der Waals surface area contributed by atoms with Crippen LogP contribution in [0.5, 0.6) is 0 Å². The zero-order chi connectivity index (χ0) is 15.1. The second-order valence-corrected chi connectivity index (χ2v) is 4.95. The van der Waals surface area contributed by atoms with E-state index in [1.165, 1.54) is 5.56 Å². The zero-order valence-corrected chi connectivity index (χ0v) is 13.6. The van der Waals surface area contributed by atoms with E-state index in [1.807, 2.05) is 31.2 Å². The van der Waals surface area contributed by atoms with Crippen molar-refractivity contribution in [1.82, 2.24) is 15.1 Å². The Balaban J connectivity index is 0.00000242. The van der Waals surface area contributed by atoms with Gasteiger partial charge in [-0.15, -0.1) is 12.4 Å². The van der Waals surface area contributed by atoms with Gasteiger partial charge in [-0.25, -0.2) is 0 Å². The normalized spacial score (nSPS) is 10.1. The number of halogens is 1. The van der Waals surface area contributed by atoms with Crippen molar-refractivity contribution in [1.29, 1.82) is 0 Å². The lowest BCUT2D eigenvalue weighted by atomic mass is 10.1. The van der Waals surface area contributed by atoms with E-state index in [0.717, 1.165) is 18.5 Å². The molecule has 6 heteroatoms. The number of carbonyl (C=O) groups excluding carboxylic acids is 1. The van der Waals surface area contributed by atoms with Gasteiger partial charge in [-0.3, -0.25) is 9.89 Å². The van der Waals surface area contributed by atoms with Gasteiger partial charge in [-0.05, 0) is 24.5 Å². The van der Waals surface area contributed by atoms with E-state index >= 15 is 0 Å². The van der Waals surface area contributed by atoms with E-state index in [4.69, 9.17) is 5.73 Å². The third kappa shape index (κ3) is 4.86. The molecule has 1 amide bonds. The topological polar surface area (TPSA) is 75.0 Å². The first-order chi connectivity index (χ1) is 10.2. The minimum atomic E-state index is -0.0627. The fraction of sp³-hybridized carbons (Fsp3) is 0.375. The maximum absolute atomic E-state index is 12.5. The Hall–Kier alpha value is -1.85. The minimum Gasteiger partial charge on any atom is -0.336 e. The van der Waals surface area contributed by atoms with Crippen LogP contribution in [0.15, 0.2) is 36.4 Å². The van der Waals surface area contributed by atoms with Crippen molar-refractivity contribution in [3.8, 4) is 0 Å². The van der Waals surface area contributed by atoms with Crippen molar-refractivity contribution in [2.75, 3.05) is 19.6 Å². The Morgan fingerprint density at radius 3 is 2.59 bits per heavy atom. The smallest absolute Gasteiger partial charge is 0.274 e. The fourth-order valence-corrected chi connectivity index (χ4v) is 2.19. The molecule has 1 heterocycles. The van der Waals surface area contributed by atoms with Crippen molar-refractivity contribution in [2.24, 2.45) is 5.73 Å². The van der Waals surface area contributed by atoms with Gasteiger partial charge in [-0.2, -0.15) is 5.10 Å². The molecule has 1 aromatic heterocycles. The predicted octanol–water partition coefficient (Wildman–Crippen LogP) is 2.04. The van der Waals surface area contributed by atoms with Gasteiger partial charge in [0.05, 0.1) is 0 Å². The number of carbonyl (C=O) groups is 1. The third-order valence-electron chi connectivity index (χ3n) is 3.43. The van der Waals surface area contributed by atoms with Crippen LogP contribution >= 0.6 is 12.4 Å². The molecule has 0 aliphatic heterocycles. The molecule has 22 heavy (non-hydrogen) atoms. The highest BCUT2D eigenvalue weighted by molar-refractivity contribution is 5.92. The van der Waals surface area contributed by atoms with E-state index in [0.29, 0.717) is 25.3 Å². The van der Waals surface area contributed by atoms with Crippen LogP contribution < -0.4 is 5.73 Å². The van der Waals surface area contributed by atoms with Crippen LogP contribution in [0.25, 0.3) is 0 Å². The average Bonchev–Trinajstić information content (AvgIpc) is 3.01. The highest BCUT2D eigenvalue weighted by Crippen LogP contribution is 2.07. The van der Waals surface area contributed by atoms with Crippen molar-refractivity contribution in [2.45, 2.75) is 19.8 Å². The summed E-state index contributed by atoms with van der Waals surface area (Å²) in [6.45, 7) is 3.66. The number of hydrogen-bond donors (Lipinski definition) is 2. The molecule has 0 bridgehead atoms. The third-order valence-corrected chi connectivity index (χ3v) is 3.43. The van der Waals surface area contributed by atoms with Gasteiger partial charge in [0, 0.05) is 25.3 Å². The number of hydrogen-bond acceptors (Lipinski definition) is 3. The Bertz CT molecular complexity index is 571. The minimum absolute atomic E-state index is 0. The molecule has 0 saturated carbocycles. The van der Waals surface area contributed by atoms with Gasteiger partial charge < -0.3 is 10.6 Å². The lowest BCUT2D eigenvalue weighted by Crippen LogP contribution is -2.37. The molecule has 0 aliphatic carbocycles. The number of benzene rings is 1. The molecule has 5 nitrogen and oxygen atoms in total.